The van der Waals surface area contributed by atoms with E-state index in [0.29, 0.717) is 19.2 Å². The summed E-state index contributed by atoms with van der Waals surface area (Å²) in [5.74, 6) is -0.459. The van der Waals surface area contributed by atoms with Crippen molar-refractivity contribution >= 4 is 68.8 Å². The molecule has 0 bridgehead atoms. The van der Waals surface area contributed by atoms with E-state index in [1.807, 2.05) is 0 Å². The smallest absolute Gasteiger partial charge is 0.362 e. The van der Waals surface area contributed by atoms with Crippen LogP contribution in [-0.2, 0) is 6.18 Å². The van der Waals surface area contributed by atoms with Gasteiger partial charge in [-0.1, -0.05) is 11.6 Å². The maximum Gasteiger partial charge on any atom is 0.416 e. The Balaban J connectivity index is 1.67. The highest BCUT2D eigenvalue weighted by molar-refractivity contribution is 14.1. The SMILES string of the molecule is O=C(NC(=S)N1CCN(c2ccc(C(F)(F)F)cc2[N+](=O)[O-])CC1)c1cc(I)ccc1Cl. The Hall–Kier alpha value is -2.19. The number of alkyl halides is 3. The third-order valence-corrected chi connectivity index (χ3v) is 6.16. The summed E-state index contributed by atoms with van der Waals surface area (Å²) in [4.78, 5) is 26.3. The number of benzene rings is 2. The van der Waals surface area contributed by atoms with Gasteiger partial charge in [-0.05, 0) is 65.1 Å². The first-order valence-electron chi connectivity index (χ1n) is 9.13. The Bertz CT molecular complexity index is 1080. The van der Waals surface area contributed by atoms with Crippen LogP contribution in [0.3, 0.4) is 0 Å². The molecule has 0 spiro atoms. The predicted molar refractivity (Wildman–Crippen MR) is 126 cm³/mol. The van der Waals surface area contributed by atoms with Crippen molar-refractivity contribution in [2.75, 3.05) is 31.1 Å². The molecule has 2 aromatic rings. The summed E-state index contributed by atoms with van der Waals surface area (Å²) < 4.78 is 39.6. The zero-order chi connectivity index (χ0) is 23.6. The minimum atomic E-state index is -4.67. The second-order valence-corrected chi connectivity index (χ2v) is 8.86. The highest BCUT2D eigenvalue weighted by Gasteiger charge is 2.34. The number of hydrogen-bond donors (Lipinski definition) is 1. The summed E-state index contributed by atoms with van der Waals surface area (Å²) >= 11 is 13.4. The van der Waals surface area contributed by atoms with E-state index in [0.717, 1.165) is 15.7 Å². The Morgan fingerprint density at radius 2 is 1.81 bits per heavy atom. The zero-order valence-electron chi connectivity index (χ0n) is 16.2. The Morgan fingerprint density at radius 1 is 1.16 bits per heavy atom. The lowest BCUT2D eigenvalue weighted by Crippen LogP contribution is -2.52. The van der Waals surface area contributed by atoms with E-state index < -0.39 is 28.3 Å². The van der Waals surface area contributed by atoms with Crippen molar-refractivity contribution in [1.29, 1.82) is 0 Å². The molecule has 7 nitrogen and oxygen atoms in total. The first-order chi connectivity index (χ1) is 15.0. The number of carbonyl (C=O) groups excluding carboxylic acids is 1. The number of rotatable bonds is 3. The lowest BCUT2D eigenvalue weighted by atomic mass is 10.1. The molecule has 0 radical (unpaired) electrons. The van der Waals surface area contributed by atoms with Crippen molar-refractivity contribution in [2.45, 2.75) is 6.18 Å². The number of nitrogens with one attached hydrogen (secondary N) is 1. The molecule has 2 aromatic carbocycles. The number of amides is 1. The summed E-state index contributed by atoms with van der Waals surface area (Å²) in [6.45, 7) is 1.17. The van der Waals surface area contributed by atoms with Gasteiger partial charge in [0, 0.05) is 35.8 Å². The number of halogens is 5. The van der Waals surface area contributed by atoms with Crippen molar-refractivity contribution in [2.24, 2.45) is 0 Å². The minimum Gasteiger partial charge on any atom is -0.362 e. The molecule has 32 heavy (non-hydrogen) atoms. The van der Waals surface area contributed by atoms with Crippen LogP contribution in [0, 0.1) is 13.7 Å². The molecule has 0 atom stereocenters. The van der Waals surface area contributed by atoms with Crippen molar-refractivity contribution in [3.05, 3.63) is 66.2 Å². The molecule has 1 heterocycles. The number of piperazine rings is 1. The average molecular weight is 599 g/mol. The molecule has 1 saturated heterocycles. The van der Waals surface area contributed by atoms with Crippen LogP contribution in [0.5, 0.6) is 0 Å². The van der Waals surface area contributed by atoms with Crippen molar-refractivity contribution in [1.82, 2.24) is 10.2 Å². The molecule has 0 aromatic heterocycles. The Labute approximate surface area is 204 Å². The van der Waals surface area contributed by atoms with Crippen LogP contribution in [0.25, 0.3) is 0 Å². The third kappa shape index (κ3) is 5.59. The Kier molecular flexibility index (Phi) is 7.45. The second kappa shape index (κ2) is 9.75. The number of carbonyl (C=O) groups is 1. The van der Waals surface area contributed by atoms with Gasteiger partial charge in [0.25, 0.3) is 11.6 Å². The molecule has 0 unspecified atom stereocenters. The maximum absolute atomic E-state index is 12.9. The molecule has 170 valence electrons. The summed E-state index contributed by atoms with van der Waals surface area (Å²) in [7, 11) is 0. The molecule has 1 fully saturated rings. The predicted octanol–water partition coefficient (Wildman–Crippen LogP) is 4.71. The summed E-state index contributed by atoms with van der Waals surface area (Å²) in [6.07, 6.45) is -4.67. The largest absolute Gasteiger partial charge is 0.416 e. The quantitative estimate of drug-likeness (QED) is 0.239. The van der Waals surface area contributed by atoms with Crippen LogP contribution in [0.1, 0.15) is 15.9 Å². The van der Waals surface area contributed by atoms with Crippen molar-refractivity contribution in [3.8, 4) is 0 Å². The molecule has 0 saturated carbocycles. The lowest BCUT2D eigenvalue weighted by Gasteiger charge is -2.37. The van der Waals surface area contributed by atoms with Crippen LogP contribution < -0.4 is 10.2 Å². The standard InChI is InChI=1S/C19H15ClF3IN4O3S/c20-14-3-2-12(24)10-13(14)17(29)25-18(32)27-7-5-26(6-8-27)15-4-1-11(19(21,22)23)9-16(15)28(30)31/h1-4,9-10H,5-8H2,(H,25,29,32). The number of anilines is 1. The third-order valence-electron chi connectivity index (χ3n) is 4.80. The van der Waals surface area contributed by atoms with Gasteiger partial charge in [-0.15, -0.1) is 0 Å². The van der Waals surface area contributed by atoms with Gasteiger partial charge >= 0.3 is 6.18 Å². The molecule has 1 aliphatic rings. The van der Waals surface area contributed by atoms with Gasteiger partial charge in [0.1, 0.15) is 5.69 Å². The normalized spacial score (nSPS) is 14.3. The van der Waals surface area contributed by atoms with E-state index in [9.17, 15) is 28.1 Å². The van der Waals surface area contributed by atoms with E-state index in [1.165, 1.54) is 0 Å². The molecular formula is C19H15ClF3IN4O3S. The van der Waals surface area contributed by atoms with Crippen molar-refractivity contribution < 1.29 is 22.9 Å². The molecule has 1 aliphatic heterocycles. The summed E-state index contributed by atoms with van der Waals surface area (Å²) in [6, 6.07) is 7.47. The number of nitro benzene ring substituents is 1. The van der Waals surface area contributed by atoms with Crippen molar-refractivity contribution in [3.63, 3.8) is 0 Å². The van der Waals surface area contributed by atoms with Crippen LogP contribution in [-0.4, -0.2) is 47.0 Å². The molecule has 3 rings (SSSR count). The van der Waals surface area contributed by atoms with E-state index >= 15 is 0 Å². The first-order valence-corrected chi connectivity index (χ1v) is 11.0. The van der Waals surface area contributed by atoms with Gasteiger partial charge in [0.05, 0.1) is 21.1 Å². The topological polar surface area (TPSA) is 78.7 Å². The summed E-state index contributed by atoms with van der Waals surface area (Å²) in [5, 5.41) is 14.4. The van der Waals surface area contributed by atoms with Crippen LogP contribution in [0.15, 0.2) is 36.4 Å². The number of thiocarbonyl (C=S) groups is 1. The van der Waals surface area contributed by atoms with E-state index in [2.05, 4.69) is 27.9 Å². The molecule has 13 heteroatoms. The number of hydrogen-bond acceptors (Lipinski definition) is 5. The van der Waals surface area contributed by atoms with Crippen LogP contribution in [0.4, 0.5) is 24.5 Å². The maximum atomic E-state index is 12.9. The van der Waals surface area contributed by atoms with Gasteiger partial charge < -0.3 is 9.80 Å². The molecule has 1 amide bonds. The number of nitrogens with zero attached hydrogens (tertiary/aromatic N) is 3. The molecule has 0 aliphatic carbocycles. The molecule has 1 N–H and O–H groups in total. The number of nitro groups is 1. The monoisotopic (exact) mass is 598 g/mol. The lowest BCUT2D eigenvalue weighted by molar-refractivity contribution is -0.384. The van der Waals surface area contributed by atoms with Gasteiger partial charge in [-0.2, -0.15) is 13.2 Å². The second-order valence-electron chi connectivity index (χ2n) is 6.82. The highest BCUT2D eigenvalue weighted by Crippen LogP contribution is 2.36. The van der Waals surface area contributed by atoms with Gasteiger partial charge in [0.2, 0.25) is 0 Å². The Morgan fingerprint density at radius 3 is 2.41 bits per heavy atom. The van der Waals surface area contributed by atoms with E-state index in [4.69, 9.17) is 23.8 Å². The summed E-state index contributed by atoms with van der Waals surface area (Å²) in [5.41, 5.74) is -1.31. The van der Waals surface area contributed by atoms with Crippen LogP contribution >= 0.6 is 46.4 Å². The fraction of sp³-hybridized carbons (Fsp3) is 0.263. The van der Waals surface area contributed by atoms with Gasteiger partial charge in [-0.25, -0.2) is 0 Å². The van der Waals surface area contributed by atoms with E-state index in [1.54, 1.807) is 28.0 Å². The molecular weight excluding hydrogens is 584 g/mol. The van der Waals surface area contributed by atoms with Crippen LogP contribution in [0.2, 0.25) is 5.02 Å². The first kappa shape index (κ1) is 24.5. The highest BCUT2D eigenvalue weighted by atomic mass is 127. The average Bonchev–Trinajstić information content (AvgIpc) is 2.74. The van der Waals surface area contributed by atoms with Gasteiger partial charge in [0.15, 0.2) is 5.11 Å². The minimum absolute atomic E-state index is 0.100. The van der Waals surface area contributed by atoms with E-state index in [-0.39, 0.29) is 34.5 Å². The van der Waals surface area contributed by atoms with Gasteiger partial charge in [-0.3, -0.25) is 20.2 Å². The fourth-order valence-electron chi connectivity index (χ4n) is 3.18. The zero-order valence-corrected chi connectivity index (χ0v) is 19.9. The fourth-order valence-corrected chi connectivity index (χ4v) is 4.15.